The molecule has 1 aromatic carbocycles. The lowest BCUT2D eigenvalue weighted by Gasteiger charge is -2.13. The fraction of sp³-hybridized carbons (Fsp3) is 0.0667. The Balaban J connectivity index is 1.79. The molecule has 2 aromatic heterocycles. The maximum absolute atomic E-state index is 4.73. The van der Waals surface area contributed by atoms with E-state index in [1.54, 1.807) is 28.8 Å². The first-order chi connectivity index (χ1) is 10.8. The van der Waals surface area contributed by atoms with Gasteiger partial charge in [0.15, 0.2) is 5.82 Å². The highest BCUT2D eigenvalue weighted by Crippen LogP contribution is 2.28. The molecule has 4 rings (SSSR count). The van der Waals surface area contributed by atoms with E-state index in [9.17, 15) is 0 Å². The Bertz CT molecular complexity index is 842. The largest absolute Gasteiger partial charge is 0.264 e. The van der Waals surface area contributed by atoms with Crippen LogP contribution in [0.2, 0.25) is 0 Å². The molecule has 0 aliphatic carbocycles. The van der Waals surface area contributed by atoms with Crippen LogP contribution in [0.5, 0.6) is 0 Å². The van der Waals surface area contributed by atoms with Gasteiger partial charge in [0, 0.05) is 28.2 Å². The van der Waals surface area contributed by atoms with Crippen LogP contribution in [0.25, 0.3) is 11.4 Å². The first-order valence-corrected chi connectivity index (χ1v) is 8.41. The van der Waals surface area contributed by atoms with E-state index in [1.807, 2.05) is 24.3 Å². The van der Waals surface area contributed by atoms with Gasteiger partial charge in [0.1, 0.15) is 0 Å². The van der Waals surface area contributed by atoms with Crippen LogP contribution in [-0.2, 0) is 0 Å². The first kappa shape index (κ1) is 13.7. The van der Waals surface area contributed by atoms with Gasteiger partial charge in [-0.05, 0) is 29.8 Å². The van der Waals surface area contributed by atoms with Crippen LogP contribution >= 0.6 is 27.7 Å². The van der Waals surface area contributed by atoms with Crippen LogP contribution in [-0.4, -0.2) is 31.3 Å². The van der Waals surface area contributed by atoms with E-state index in [4.69, 9.17) is 5.10 Å². The Morgan fingerprint density at radius 1 is 1.05 bits per heavy atom. The zero-order valence-electron chi connectivity index (χ0n) is 11.3. The minimum Gasteiger partial charge on any atom is -0.264 e. The molecule has 0 atom stereocenters. The van der Waals surface area contributed by atoms with Gasteiger partial charge >= 0.3 is 0 Å². The zero-order valence-corrected chi connectivity index (χ0v) is 13.8. The number of hydrogen-bond donors (Lipinski definition) is 0. The van der Waals surface area contributed by atoms with Gasteiger partial charge in [-0.3, -0.25) is 4.98 Å². The normalized spacial score (nSPS) is 13.6. The summed E-state index contributed by atoms with van der Waals surface area (Å²) < 4.78 is 2.85. The van der Waals surface area contributed by atoms with Crippen LogP contribution in [0.4, 0.5) is 0 Å². The van der Waals surface area contributed by atoms with Crippen molar-refractivity contribution in [1.29, 1.82) is 0 Å². The molecule has 0 unspecified atom stereocenters. The van der Waals surface area contributed by atoms with Crippen LogP contribution in [0.1, 0.15) is 5.56 Å². The van der Waals surface area contributed by atoms with Gasteiger partial charge in [-0.15, -0.1) is 10.2 Å². The maximum Gasteiger partial charge on any atom is 0.212 e. The lowest BCUT2D eigenvalue weighted by Crippen LogP contribution is -2.13. The molecular formula is C15H10BrN5S. The van der Waals surface area contributed by atoms with Crippen LogP contribution < -0.4 is 0 Å². The predicted molar refractivity (Wildman–Crippen MR) is 90.1 cm³/mol. The minimum absolute atomic E-state index is 0.713. The molecule has 3 heterocycles. The van der Waals surface area contributed by atoms with Crippen molar-refractivity contribution in [2.75, 3.05) is 5.75 Å². The molecule has 22 heavy (non-hydrogen) atoms. The summed E-state index contributed by atoms with van der Waals surface area (Å²) in [5.74, 6) is 1.50. The Morgan fingerprint density at radius 2 is 1.91 bits per heavy atom. The number of thioether (sulfide) groups is 1. The maximum atomic E-state index is 4.73. The van der Waals surface area contributed by atoms with E-state index in [-0.39, 0.29) is 0 Å². The van der Waals surface area contributed by atoms with Crippen LogP contribution in [0.15, 0.2) is 63.5 Å². The third-order valence-electron chi connectivity index (χ3n) is 3.27. The molecule has 5 nitrogen and oxygen atoms in total. The lowest BCUT2D eigenvalue weighted by atomic mass is 10.1. The van der Waals surface area contributed by atoms with E-state index < -0.39 is 0 Å². The summed E-state index contributed by atoms with van der Waals surface area (Å²) in [5.41, 5.74) is 3.02. The van der Waals surface area contributed by atoms with Crippen molar-refractivity contribution in [1.82, 2.24) is 19.9 Å². The van der Waals surface area contributed by atoms with Gasteiger partial charge in [0.25, 0.3) is 0 Å². The van der Waals surface area contributed by atoms with E-state index in [2.05, 4.69) is 43.2 Å². The van der Waals surface area contributed by atoms with Gasteiger partial charge < -0.3 is 0 Å². The second-order valence-corrected chi connectivity index (χ2v) is 6.56. The molecule has 0 spiro atoms. The van der Waals surface area contributed by atoms with Crippen molar-refractivity contribution in [3.63, 3.8) is 0 Å². The van der Waals surface area contributed by atoms with Gasteiger partial charge in [-0.1, -0.05) is 39.8 Å². The molecule has 7 heteroatoms. The fourth-order valence-corrected chi connectivity index (χ4v) is 3.29. The van der Waals surface area contributed by atoms with Crippen molar-refractivity contribution < 1.29 is 0 Å². The van der Waals surface area contributed by atoms with Crippen molar-refractivity contribution in [2.24, 2.45) is 5.10 Å². The monoisotopic (exact) mass is 371 g/mol. The number of fused-ring (bicyclic) bond motifs is 1. The summed E-state index contributed by atoms with van der Waals surface area (Å²) in [6.45, 7) is 0. The number of hydrogen-bond acceptors (Lipinski definition) is 5. The summed E-state index contributed by atoms with van der Waals surface area (Å²) in [4.78, 5) is 4.13. The topological polar surface area (TPSA) is 56.0 Å². The Morgan fingerprint density at radius 3 is 2.68 bits per heavy atom. The highest BCUT2D eigenvalue weighted by atomic mass is 79.9. The summed E-state index contributed by atoms with van der Waals surface area (Å²) >= 11 is 5.09. The molecule has 0 fully saturated rings. The highest BCUT2D eigenvalue weighted by Gasteiger charge is 2.20. The molecular weight excluding hydrogens is 362 g/mol. The molecule has 3 aromatic rings. The average molecular weight is 372 g/mol. The summed E-state index contributed by atoms with van der Waals surface area (Å²) in [5, 5.41) is 14.0. The Hall–Kier alpha value is -1.99. The molecule has 108 valence electrons. The Kier molecular flexibility index (Phi) is 3.51. The number of aromatic nitrogens is 4. The third-order valence-corrected chi connectivity index (χ3v) is 4.73. The number of halogens is 1. The zero-order chi connectivity index (χ0) is 14.9. The van der Waals surface area contributed by atoms with Crippen molar-refractivity contribution in [2.45, 2.75) is 5.16 Å². The van der Waals surface area contributed by atoms with Gasteiger partial charge in [-0.2, -0.15) is 9.78 Å². The number of nitrogens with zero attached hydrogens (tertiary/aromatic N) is 5. The van der Waals surface area contributed by atoms with Crippen LogP contribution in [0.3, 0.4) is 0 Å². The fourth-order valence-electron chi connectivity index (χ4n) is 2.19. The van der Waals surface area contributed by atoms with Crippen molar-refractivity contribution in [3.05, 3.63) is 58.8 Å². The quantitative estimate of drug-likeness (QED) is 0.691. The summed E-state index contributed by atoms with van der Waals surface area (Å²) in [6.07, 6.45) is 3.51. The number of rotatable bonds is 2. The van der Waals surface area contributed by atoms with E-state index >= 15 is 0 Å². The van der Waals surface area contributed by atoms with E-state index in [1.165, 1.54) is 0 Å². The van der Waals surface area contributed by atoms with Gasteiger partial charge in [0.05, 0.1) is 5.71 Å². The smallest absolute Gasteiger partial charge is 0.212 e. The van der Waals surface area contributed by atoms with E-state index in [0.29, 0.717) is 5.82 Å². The minimum atomic E-state index is 0.713. The predicted octanol–water partition coefficient (Wildman–Crippen LogP) is 3.46. The Labute approximate surface area is 139 Å². The molecule has 1 aliphatic rings. The molecule has 1 aliphatic heterocycles. The first-order valence-electron chi connectivity index (χ1n) is 6.64. The molecule has 0 saturated carbocycles. The second-order valence-electron chi connectivity index (χ2n) is 4.70. The van der Waals surface area contributed by atoms with Gasteiger partial charge in [0.2, 0.25) is 5.16 Å². The lowest BCUT2D eigenvalue weighted by molar-refractivity contribution is 0.762. The van der Waals surface area contributed by atoms with E-state index in [0.717, 1.165) is 32.2 Å². The number of pyridine rings is 1. The standard InChI is InChI=1S/C15H10BrN5S/c16-12-5-3-10(4-6-12)13-9-22-15-19-18-14(21(15)20-13)11-2-1-7-17-8-11/h1-8H,9H2. The molecule has 0 saturated heterocycles. The van der Waals surface area contributed by atoms with Crippen molar-refractivity contribution in [3.8, 4) is 11.4 Å². The van der Waals surface area contributed by atoms with Crippen molar-refractivity contribution >= 4 is 33.4 Å². The summed E-state index contributed by atoms with van der Waals surface area (Å²) in [7, 11) is 0. The molecule has 0 amide bonds. The molecule has 0 bridgehead atoms. The van der Waals surface area contributed by atoms with Gasteiger partial charge in [-0.25, -0.2) is 0 Å². The number of benzene rings is 1. The SMILES string of the molecule is Brc1ccc(C2=Nn3c(nnc3-c3cccnc3)SC2)cc1. The molecule has 0 radical (unpaired) electrons. The third kappa shape index (κ3) is 2.46. The average Bonchev–Trinajstić information content (AvgIpc) is 2.99. The second kappa shape index (κ2) is 5.66. The highest BCUT2D eigenvalue weighted by molar-refractivity contribution is 9.10. The van der Waals surface area contributed by atoms with Crippen LogP contribution in [0, 0.1) is 0 Å². The molecule has 0 N–H and O–H groups in total. The summed E-state index contributed by atoms with van der Waals surface area (Å²) in [6, 6.07) is 12.0.